The molecule has 1 aromatic rings. The number of hydrogen-bond acceptors (Lipinski definition) is 4. The SMILES string of the molecule is CC(=O)CCCCCCCNC(=O)C(=O)C1CCC(=O)N1Cc1ccccc1. The number of unbranched alkanes of at least 4 members (excludes halogenated alkanes) is 4. The van der Waals surface area contributed by atoms with Crippen LogP contribution in [0.3, 0.4) is 0 Å². The largest absolute Gasteiger partial charge is 0.349 e. The molecule has 0 saturated carbocycles. The standard InChI is InChI=1S/C22H30N2O4/c1-17(25)10-6-3-2-4-9-15-23-22(28)21(27)19-13-14-20(26)24(19)16-18-11-7-5-8-12-18/h5,7-8,11-12,19H,2-4,6,9-10,13-16H2,1H3,(H,23,28). The van der Waals surface area contributed by atoms with Crippen molar-refractivity contribution in [2.24, 2.45) is 0 Å². The molecule has 0 radical (unpaired) electrons. The van der Waals surface area contributed by atoms with Crippen LogP contribution in [0.5, 0.6) is 0 Å². The van der Waals surface area contributed by atoms with Crippen LogP contribution in [-0.2, 0) is 25.7 Å². The molecule has 1 unspecified atom stereocenters. The highest BCUT2D eigenvalue weighted by Gasteiger charge is 2.38. The highest BCUT2D eigenvalue weighted by atomic mass is 16.2. The highest BCUT2D eigenvalue weighted by Crippen LogP contribution is 2.22. The van der Waals surface area contributed by atoms with Gasteiger partial charge in [-0.2, -0.15) is 0 Å². The summed E-state index contributed by atoms with van der Waals surface area (Å²) < 4.78 is 0. The van der Waals surface area contributed by atoms with Gasteiger partial charge in [-0.05, 0) is 31.7 Å². The molecule has 1 saturated heterocycles. The number of Topliss-reactive ketones (excluding diaryl/α,β-unsaturated/α-hetero) is 2. The minimum Gasteiger partial charge on any atom is -0.349 e. The molecule has 1 aliphatic rings. The van der Waals surface area contributed by atoms with Gasteiger partial charge in [0.1, 0.15) is 11.8 Å². The maximum absolute atomic E-state index is 12.5. The smallest absolute Gasteiger partial charge is 0.289 e. The Kier molecular flexibility index (Phi) is 8.85. The van der Waals surface area contributed by atoms with Gasteiger partial charge in [-0.3, -0.25) is 14.4 Å². The number of carbonyl (C=O) groups is 4. The Morgan fingerprint density at radius 3 is 2.43 bits per heavy atom. The predicted octanol–water partition coefficient (Wildman–Crippen LogP) is 2.79. The molecule has 1 fully saturated rings. The van der Waals surface area contributed by atoms with Gasteiger partial charge in [-0.25, -0.2) is 0 Å². The van der Waals surface area contributed by atoms with Crippen molar-refractivity contribution < 1.29 is 19.2 Å². The number of carbonyl (C=O) groups excluding carboxylic acids is 4. The number of nitrogens with zero attached hydrogens (tertiary/aromatic N) is 1. The number of amides is 2. The average Bonchev–Trinajstić information content (AvgIpc) is 3.04. The van der Waals surface area contributed by atoms with Gasteiger partial charge in [-0.1, -0.05) is 49.6 Å². The first-order valence-electron chi connectivity index (χ1n) is 10.1. The van der Waals surface area contributed by atoms with Crippen LogP contribution >= 0.6 is 0 Å². The maximum atomic E-state index is 12.5. The van der Waals surface area contributed by atoms with Gasteiger partial charge < -0.3 is 15.0 Å². The second-order valence-corrected chi connectivity index (χ2v) is 7.40. The third-order valence-corrected chi connectivity index (χ3v) is 5.04. The summed E-state index contributed by atoms with van der Waals surface area (Å²) in [6, 6.07) is 8.82. The predicted molar refractivity (Wildman–Crippen MR) is 106 cm³/mol. The van der Waals surface area contributed by atoms with Crippen molar-refractivity contribution in [3.63, 3.8) is 0 Å². The van der Waals surface area contributed by atoms with E-state index in [4.69, 9.17) is 0 Å². The van der Waals surface area contributed by atoms with Crippen LogP contribution in [0.15, 0.2) is 30.3 Å². The lowest BCUT2D eigenvalue weighted by atomic mass is 10.1. The first-order chi connectivity index (χ1) is 13.5. The van der Waals surface area contributed by atoms with E-state index in [2.05, 4.69) is 5.32 Å². The zero-order valence-electron chi connectivity index (χ0n) is 16.6. The van der Waals surface area contributed by atoms with E-state index in [0.717, 1.165) is 37.7 Å². The molecule has 6 heteroatoms. The molecule has 1 atom stereocenters. The first-order valence-corrected chi connectivity index (χ1v) is 10.1. The number of nitrogens with one attached hydrogen (secondary N) is 1. The zero-order valence-corrected chi connectivity index (χ0v) is 16.6. The van der Waals surface area contributed by atoms with E-state index < -0.39 is 17.7 Å². The summed E-state index contributed by atoms with van der Waals surface area (Å²) in [5.41, 5.74) is 0.945. The van der Waals surface area contributed by atoms with Gasteiger partial charge in [0, 0.05) is 25.9 Å². The van der Waals surface area contributed by atoms with Crippen LogP contribution < -0.4 is 5.32 Å². The van der Waals surface area contributed by atoms with Crippen molar-refractivity contribution in [1.82, 2.24) is 10.2 Å². The van der Waals surface area contributed by atoms with E-state index in [1.807, 2.05) is 30.3 Å². The summed E-state index contributed by atoms with van der Waals surface area (Å²) in [5.74, 6) is -0.990. The number of hydrogen-bond donors (Lipinski definition) is 1. The fourth-order valence-electron chi connectivity index (χ4n) is 3.45. The molecule has 6 nitrogen and oxygen atoms in total. The Hall–Kier alpha value is -2.50. The Balaban J connectivity index is 1.71. The zero-order chi connectivity index (χ0) is 20.4. The molecule has 1 N–H and O–H groups in total. The Morgan fingerprint density at radius 1 is 1.04 bits per heavy atom. The molecule has 0 spiro atoms. The quantitative estimate of drug-likeness (QED) is 0.442. The van der Waals surface area contributed by atoms with Crippen molar-refractivity contribution >= 4 is 23.4 Å². The molecular formula is C22H30N2O4. The third-order valence-electron chi connectivity index (χ3n) is 5.04. The second kappa shape index (κ2) is 11.4. The summed E-state index contributed by atoms with van der Waals surface area (Å²) in [5, 5.41) is 2.69. The van der Waals surface area contributed by atoms with Gasteiger partial charge in [0.05, 0.1) is 0 Å². The number of benzene rings is 1. The van der Waals surface area contributed by atoms with Crippen LogP contribution in [0.4, 0.5) is 0 Å². The van der Waals surface area contributed by atoms with Crippen molar-refractivity contribution in [2.75, 3.05) is 6.54 Å². The molecule has 1 heterocycles. The van der Waals surface area contributed by atoms with Crippen LogP contribution in [0, 0.1) is 0 Å². The summed E-state index contributed by atoms with van der Waals surface area (Å²) in [6.07, 6.45) is 6.01. The topological polar surface area (TPSA) is 83.5 Å². The molecule has 1 aliphatic heterocycles. The van der Waals surface area contributed by atoms with Crippen LogP contribution in [0.25, 0.3) is 0 Å². The molecule has 2 rings (SSSR count). The van der Waals surface area contributed by atoms with E-state index in [1.165, 1.54) is 4.90 Å². The van der Waals surface area contributed by atoms with E-state index >= 15 is 0 Å². The minimum atomic E-state index is -0.667. The molecule has 0 aliphatic carbocycles. The molecule has 28 heavy (non-hydrogen) atoms. The van der Waals surface area contributed by atoms with Gasteiger partial charge in [0.2, 0.25) is 11.7 Å². The minimum absolute atomic E-state index is 0.0828. The monoisotopic (exact) mass is 386 g/mol. The lowest BCUT2D eigenvalue weighted by molar-refractivity contribution is -0.143. The lowest BCUT2D eigenvalue weighted by Crippen LogP contribution is -2.45. The van der Waals surface area contributed by atoms with E-state index in [1.54, 1.807) is 6.92 Å². The van der Waals surface area contributed by atoms with E-state index in [0.29, 0.717) is 32.4 Å². The fourth-order valence-corrected chi connectivity index (χ4v) is 3.45. The summed E-state index contributed by atoms with van der Waals surface area (Å²) in [7, 11) is 0. The van der Waals surface area contributed by atoms with Gasteiger partial charge in [-0.15, -0.1) is 0 Å². The number of rotatable bonds is 12. The van der Waals surface area contributed by atoms with Gasteiger partial charge in [0.15, 0.2) is 0 Å². The third kappa shape index (κ3) is 6.91. The fraction of sp³-hybridized carbons (Fsp3) is 0.545. The average molecular weight is 386 g/mol. The number of ketones is 2. The molecule has 152 valence electrons. The summed E-state index contributed by atoms with van der Waals surface area (Å²) in [6.45, 7) is 2.41. The molecular weight excluding hydrogens is 356 g/mol. The maximum Gasteiger partial charge on any atom is 0.289 e. The van der Waals surface area contributed by atoms with Crippen molar-refractivity contribution in [3.8, 4) is 0 Å². The Morgan fingerprint density at radius 2 is 1.71 bits per heavy atom. The summed E-state index contributed by atoms with van der Waals surface area (Å²) >= 11 is 0. The van der Waals surface area contributed by atoms with Crippen molar-refractivity contribution in [3.05, 3.63) is 35.9 Å². The van der Waals surface area contributed by atoms with Crippen LogP contribution in [0.2, 0.25) is 0 Å². The molecule has 0 aromatic heterocycles. The Labute approximate surface area is 166 Å². The molecule has 0 bridgehead atoms. The first kappa shape index (κ1) is 21.8. The van der Waals surface area contributed by atoms with Crippen molar-refractivity contribution in [2.45, 2.75) is 70.9 Å². The van der Waals surface area contributed by atoms with Crippen LogP contribution in [-0.4, -0.2) is 40.9 Å². The Bertz CT molecular complexity index is 687. The number of likely N-dealkylation sites (tertiary alicyclic amines) is 1. The van der Waals surface area contributed by atoms with E-state index in [9.17, 15) is 19.2 Å². The lowest BCUT2D eigenvalue weighted by Gasteiger charge is -2.23. The van der Waals surface area contributed by atoms with E-state index in [-0.39, 0.29) is 11.7 Å². The normalized spacial score (nSPS) is 16.2. The highest BCUT2D eigenvalue weighted by molar-refractivity contribution is 6.38. The van der Waals surface area contributed by atoms with Crippen LogP contribution in [0.1, 0.15) is 63.9 Å². The summed E-state index contributed by atoms with van der Waals surface area (Å²) in [4.78, 5) is 49.3. The molecule has 1 aromatic carbocycles. The van der Waals surface area contributed by atoms with Crippen molar-refractivity contribution in [1.29, 1.82) is 0 Å². The van der Waals surface area contributed by atoms with Gasteiger partial charge >= 0.3 is 0 Å². The van der Waals surface area contributed by atoms with Gasteiger partial charge in [0.25, 0.3) is 5.91 Å². The second-order valence-electron chi connectivity index (χ2n) is 7.40. The molecule has 2 amide bonds.